The van der Waals surface area contributed by atoms with Crippen LogP contribution in [-0.2, 0) is 6.54 Å². The van der Waals surface area contributed by atoms with Gasteiger partial charge in [0.15, 0.2) is 0 Å². The molecule has 9 nitrogen and oxygen atoms in total. The van der Waals surface area contributed by atoms with Crippen molar-refractivity contribution < 1.29 is 4.79 Å². The molecular formula is C15H15N7O2. The molecule has 0 spiro atoms. The molecule has 0 bridgehead atoms. The Morgan fingerprint density at radius 2 is 2.12 bits per heavy atom. The first-order valence-electron chi connectivity index (χ1n) is 7.30. The van der Waals surface area contributed by atoms with Crippen molar-refractivity contribution in [1.29, 1.82) is 0 Å². The van der Waals surface area contributed by atoms with E-state index in [1.54, 1.807) is 37.3 Å². The molecular weight excluding hydrogens is 310 g/mol. The molecule has 3 aromatic rings. The highest BCUT2D eigenvalue weighted by atomic mass is 16.2. The molecule has 0 atom stereocenters. The van der Waals surface area contributed by atoms with E-state index in [1.165, 1.54) is 21.8 Å². The van der Waals surface area contributed by atoms with Crippen LogP contribution < -0.4 is 10.9 Å². The summed E-state index contributed by atoms with van der Waals surface area (Å²) in [5.74, 6) is -0.245. The van der Waals surface area contributed by atoms with Gasteiger partial charge in [0, 0.05) is 18.2 Å². The normalized spacial score (nSPS) is 10.5. The van der Waals surface area contributed by atoms with Gasteiger partial charge in [-0.3, -0.25) is 9.59 Å². The molecule has 1 N–H and O–H groups in total. The number of aromatic nitrogens is 6. The number of tetrazole rings is 1. The lowest BCUT2D eigenvalue weighted by Crippen LogP contribution is -2.32. The summed E-state index contributed by atoms with van der Waals surface area (Å²) in [6, 6.07) is 10.0. The summed E-state index contributed by atoms with van der Waals surface area (Å²) in [5, 5.41) is 17.8. The van der Waals surface area contributed by atoms with Crippen LogP contribution in [0.5, 0.6) is 0 Å². The Labute approximate surface area is 136 Å². The first-order valence-corrected chi connectivity index (χ1v) is 7.30. The molecule has 0 saturated heterocycles. The minimum atomic E-state index is -0.245. The van der Waals surface area contributed by atoms with Crippen molar-refractivity contribution >= 4 is 5.91 Å². The summed E-state index contributed by atoms with van der Waals surface area (Å²) in [4.78, 5) is 23.9. The summed E-state index contributed by atoms with van der Waals surface area (Å²) in [6.45, 7) is 2.41. The van der Waals surface area contributed by atoms with Crippen molar-refractivity contribution in [2.24, 2.45) is 0 Å². The third kappa shape index (κ3) is 3.51. The first kappa shape index (κ1) is 15.5. The minimum Gasteiger partial charge on any atom is -0.350 e. The van der Waals surface area contributed by atoms with Crippen molar-refractivity contribution in [2.75, 3.05) is 6.54 Å². The van der Waals surface area contributed by atoms with Crippen molar-refractivity contribution in [3.05, 3.63) is 64.3 Å². The zero-order valence-corrected chi connectivity index (χ0v) is 13.0. The fourth-order valence-electron chi connectivity index (χ4n) is 2.16. The van der Waals surface area contributed by atoms with Crippen LogP contribution in [0.4, 0.5) is 0 Å². The van der Waals surface area contributed by atoms with Crippen LogP contribution in [-0.4, -0.2) is 42.4 Å². The Balaban J connectivity index is 1.64. The summed E-state index contributed by atoms with van der Waals surface area (Å²) in [7, 11) is 0. The average molecular weight is 325 g/mol. The number of nitrogens with one attached hydrogen (secondary N) is 1. The molecule has 2 aromatic heterocycles. The number of hydrogen-bond acceptors (Lipinski definition) is 6. The second kappa shape index (κ2) is 6.82. The highest BCUT2D eigenvalue weighted by Crippen LogP contribution is 2.08. The van der Waals surface area contributed by atoms with E-state index in [-0.39, 0.29) is 11.5 Å². The molecule has 122 valence electrons. The van der Waals surface area contributed by atoms with Crippen LogP contribution in [0.1, 0.15) is 16.1 Å². The third-order valence-electron chi connectivity index (χ3n) is 3.33. The van der Waals surface area contributed by atoms with E-state index in [9.17, 15) is 9.59 Å². The van der Waals surface area contributed by atoms with Gasteiger partial charge >= 0.3 is 0 Å². The maximum atomic E-state index is 12.2. The number of carbonyl (C=O) groups is 1. The third-order valence-corrected chi connectivity index (χ3v) is 3.33. The number of hydrogen-bond donors (Lipinski definition) is 1. The van der Waals surface area contributed by atoms with Gasteiger partial charge in [-0.05, 0) is 41.6 Å². The average Bonchev–Trinajstić information content (AvgIpc) is 3.12. The van der Waals surface area contributed by atoms with Gasteiger partial charge in [0.05, 0.1) is 17.9 Å². The lowest BCUT2D eigenvalue weighted by Gasteiger charge is -2.08. The molecule has 24 heavy (non-hydrogen) atoms. The molecule has 1 amide bonds. The molecule has 0 fully saturated rings. The SMILES string of the molecule is Cc1ccc(=O)n(CCNC(=O)c2cccc(-n3cnnn3)c2)n1. The van der Waals surface area contributed by atoms with E-state index < -0.39 is 0 Å². The van der Waals surface area contributed by atoms with Gasteiger partial charge in [-0.15, -0.1) is 5.10 Å². The molecule has 0 unspecified atom stereocenters. The Morgan fingerprint density at radius 3 is 2.92 bits per heavy atom. The van der Waals surface area contributed by atoms with E-state index in [2.05, 4.69) is 25.9 Å². The molecule has 3 rings (SSSR count). The fourth-order valence-corrected chi connectivity index (χ4v) is 2.16. The smallest absolute Gasteiger partial charge is 0.266 e. The number of rotatable bonds is 5. The van der Waals surface area contributed by atoms with Crippen LogP contribution in [0.15, 0.2) is 47.5 Å². The van der Waals surface area contributed by atoms with E-state index in [4.69, 9.17) is 0 Å². The van der Waals surface area contributed by atoms with Gasteiger partial charge < -0.3 is 5.32 Å². The summed E-state index contributed by atoms with van der Waals surface area (Å²) in [5.41, 5.74) is 1.71. The Hall–Kier alpha value is -3.36. The van der Waals surface area contributed by atoms with Crippen molar-refractivity contribution in [3.63, 3.8) is 0 Å². The zero-order chi connectivity index (χ0) is 16.9. The quantitative estimate of drug-likeness (QED) is 0.705. The van der Waals surface area contributed by atoms with Crippen LogP contribution >= 0.6 is 0 Å². The Morgan fingerprint density at radius 1 is 1.25 bits per heavy atom. The maximum Gasteiger partial charge on any atom is 0.266 e. The predicted molar refractivity (Wildman–Crippen MR) is 84.7 cm³/mol. The van der Waals surface area contributed by atoms with Gasteiger partial charge in [-0.2, -0.15) is 5.10 Å². The molecule has 1 aromatic carbocycles. The number of benzene rings is 1. The molecule has 0 radical (unpaired) electrons. The van der Waals surface area contributed by atoms with Gasteiger partial charge in [0.1, 0.15) is 6.33 Å². The Bertz CT molecular complexity index is 902. The van der Waals surface area contributed by atoms with Gasteiger partial charge in [-0.25, -0.2) is 9.36 Å². The zero-order valence-electron chi connectivity index (χ0n) is 13.0. The minimum absolute atomic E-state index is 0.199. The van der Waals surface area contributed by atoms with Crippen LogP contribution in [0.25, 0.3) is 5.69 Å². The molecule has 0 aliphatic carbocycles. The van der Waals surface area contributed by atoms with Crippen molar-refractivity contribution in [1.82, 2.24) is 35.3 Å². The monoisotopic (exact) mass is 325 g/mol. The summed E-state index contributed by atoms with van der Waals surface area (Å²) in [6.07, 6.45) is 1.45. The topological polar surface area (TPSA) is 108 Å². The van der Waals surface area contributed by atoms with E-state index >= 15 is 0 Å². The van der Waals surface area contributed by atoms with Crippen molar-refractivity contribution in [2.45, 2.75) is 13.5 Å². The van der Waals surface area contributed by atoms with E-state index in [0.717, 1.165) is 5.69 Å². The Kier molecular flexibility index (Phi) is 4.41. The van der Waals surface area contributed by atoms with Crippen LogP contribution in [0.3, 0.4) is 0 Å². The highest BCUT2D eigenvalue weighted by Gasteiger charge is 2.07. The van der Waals surface area contributed by atoms with Gasteiger partial charge in [0.25, 0.3) is 11.5 Å². The largest absolute Gasteiger partial charge is 0.350 e. The number of carbonyl (C=O) groups excluding carboxylic acids is 1. The van der Waals surface area contributed by atoms with Gasteiger partial charge in [0.2, 0.25) is 0 Å². The molecule has 0 aliphatic rings. The standard InChI is InChI=1S/C15H15N7O2/c1-11-5-6-14(23)21(18-11)8-7-16-15(24)12-3-2-4-13(9-12)22-10-17-19-20-22/h2-6,9-10H,7-8H2,1H3,(H,16,24). The summed E-state index contributed by atoms with van der Waals surface area (Å²) >= 11 is 0. The number of amides is 1. The molecule has 9 heteroatoms. The number of aryl methyl sites for hydroxylation is 1. The lowest BCUT2D eigenvalue weighted by atomic mass is 10.2. The van der Waals surface area contributed by atoms with Crippen molar-refractivity contribution in [3.8, 4) is 5.69 Å². The molecule has 0 aliphatic heterocycles. The van der Waals surface area contributed by atoms with Crippen LogP contribution in [0.2, 0.25) is 0 Å². The molecule has 2 heterocycles. The fraction of sp³-hybridized carbons (Fsp3) is 0.200. The predicted octanol–water partition coefficient (Wildman–Crippen LogP) is -0.0426. The maximum absolute atomic E-state index is 12.2. The van der Waals surface area contributed by atoms with E-state index in [0.29, 0.717) is 24.3 Å². The first-order chi connectivity index (χ1) is 11.6. The van der Waals surface area contributed by atoms with Gasteiger partial charge in [-0.1, -0.05) is 6.07 Å². The second-order valence-electron chi connectivity index (χ2n) is 5.10. The molecule has 0 saturated carbocycles. The van der Waals surface area contributed by atoms with E-state index in [1.807, 2.05) is 0 Å². The second-order valence-corrected chi connectivity index (χ2v) is 5.10. The lowest BCUT2D eigenvalue weighted by molar-refractivity contribution is 0.0951. The van der Waals surface area contributed by atoms with Crippen LogP contribution in [0, 0.1) is 6.92 Å². The number of nitrogens with zero attached hydrogens (tertiary/aromatic N) is 6. The highest BCUT2D eigenvalue weighted by molar-refractivity contribution is 5.94. The summed E-state index contributed by atoms with van der Waals surface area (Å²) < 4.78 is 2.79.